The molecule has 6 heteroatoms. The first kappa shape index (κ1) is 24.5. The predicted octanol–water partition coefficient (Wildman–Crippen LogP) is 10.2. The molecule has 0 spiro atoms. The molecule has 0 atom stereocenters. The normalized spacial score (nSPS) is 11.6. The van der Waals surface area contributed by atoms with Crippen molar-refractivity contribution in [1.29, 1.82) is 0 Å². The lowest BCUT2D eigenvalue weighted by Gasteiger charge is -2.10. The highest BCUT2D eigenvalue weighted by molar-refractivity contribution is 6.11. The number of nitrogens with zero attached hydrogens (tertiary/aromatic N) is 3. The topological polar surface area (TPSA) is 70.1 Å². The highest BCUT2D eigenvalue weighted by Gasteiger charge is 2.18. The van der Waals surface area contributed by atoms with Gasteiger partial charge in [0.25, 0.3) is 0 Å². The van der Waals surface area contributed by atoms with Gasteiger partial charge in [0, 0.05) is 44.9 Å². The zero-order valence-corrected chi connectivity index (χ0v) is 23.3. The maximum atomic E-state index is 6.27. The first-order valence-corrected chi connectivity index (χ1v) is 14.4. The monoisotopic (exact) mass is 569 g/mol. The van der Waals surface area contributed by atoms with Gasteiger partial charge in [0.15, 0.2) is 5.58 Å². The molecule has 4 aromatic carbocycles. The number of hydrogen-bond donors (Lipinski definition) is 0. The molecule has 0 aliphatic carbocycles. The van der Waals surface area contributed by atoms with Gasteiger partial charge in [0.1, 0.15) is 17.0 Å². The van der Waals surface area contributed by atoms with Crippen LogP contribution >= 0.6 is 0 Å². The molecule has 5 heterocycles. The molecule has 9 rings (SSSR count). The van der Waals surface area contributed by atoms with Gasteiger partial charge in [-0.15, -0.1) is 0 Å². The zero-order valence-electron chi connectivity index (χ0n) is 23.3. The minimum absolute atomic E-state index is 0.564. The second kappa shape index (κ2) is 9.71. The first-order chi connectivity index (χ1) is 21.8. The van der Waals surface area contributed by atoms with Crippen molar-refractivity contribution in [2.75, 3.05) is 0 Å². The average Bonchev–Trinajstić information content (AvgIpc) is 3.90. The van der Waals surface area contributed by atoms with Crippen LogP contribution in [-0.2, 0) is 0 Å². The van der Waals surface area contributed by atoms with Crippen molar-refractivity contribution in [1.82, 2.24) is 14.5 Å². The highest BCUT2D eigenvalue weighted by Crippen LogP contribution is 2.38. The van der Waals surface area contributed by atoms with Gasteiger partial charge in [-0.2, -0.15) is 0 Å². The fraction of sp³-hybridized carbons (Fsp3) is 0. The van der Waals surface area contributed by atoms with Crippen LogP contribution in [0.15, 0.2) is 153 Å². The summed E-state index contributed by atoms with van der Waals surface area (Å²) in [4.78, 5) is 9.47. The summed E-state index contributed by atoms with van der Waals surface area (Å²) in [6, 6.07) is 41.0. The Morgan fingerprint density at radius 1 is 0.545 bits per heavy atom. The van der Waals surface area contributed by atoms with E-state index < -0.39 is 0 Å². The third kappa shape index (κ3) is 3.96. The number of fused-ring (bicyclic) bond motifs is 4. The van der Waals surface area contributed by atoms with Crippen LogP contribution in [0.25, 0.3) is 84.0 Å². The lowest BCUT2D eigenvalue weighted by Crippen LogP contribution is -1.95. The van der Waals surface area contributed by atoms with Crippen molar-refractivity contribution in [3.8, 4) is 51.0 Å². The number of oxazole rings is 1. The summed E-state index contributed by atoms with van der Waals surface area (Å²) < 4.78 is 19.9. The van der Waals surface area contributed by atoms with Crippen LogP contribution in [0.5, 0.6) is 0 Å². The number of rotatable bonds is 5. The molecule has 0 unspecified atom stereocenters. The Morgan fingerprint density at radius 3 is 2.16 bits per heavy atom. The summed E-state index contributed by atoms with van der Waals surface area (Å²) in [7, 11) is 0. The molecule has 0 saturated carbocycles. The van der Waals surface area contributed by atoms with Crippen LogP contribution in [0.4, 0.5) is 0 Å². The number of benzene rings is 4. The average molecular weight is 570 g/mol. The Balaban J connectivity index is 1.25. The Hall–Kier alpha value is -6.14. The highest BCUT2D eigenvalue weighted by atomic mass is 16.3. The van der Waals surface area contributed by atoms with Crippen molar-refractivity contribution in [2.24, 2.45) is 0 Å². The van der Waals surface area contributed by atoms with Gasteiger partial charge < -0.3 is 17.8 Å². The summed E-state index contributed by atoms with van der Waals surface area (Å²) in [6.45, 7) is 0. The molecular weight excluding hydrogens is 546 g/mol. The Kier molecular flexibility index (Phi) is 5.40. The van der Waals surface area contributed by atoms with Gasteiger partial charge in [0.2, 0.25) is 5.89 Å². The van der Waals surface area contributed by atoms with Crippen LogP contribution in [-0.4, -0.2) is 14.5 Å². The molecule has 0 radical (unpaired) electrons. The smallest absolute Gasteiger partial charge is 0.227 e. The van der Waals surface area contributed by atoms with Crippen molar-refractivity contribution < 1.29 is 13.3 Å². The van der Waals surface area contributed by atoms with Crippen molar-refractivity contribution in [2.45, 2.75) is 0 Å². The van der Waals surface area contributed by atoms with E-state index in [-0.39, 0.29) is 0 Å². The maximum absolute atomic E-state index is 6.27. The van der Waals surface area contributed by atoms with E-state index in [2.05, 4.69) is 70.2 Å². The first-order valence-electron chi connectivity index (χ1n) is 14.4. The van der Waals surface area contributed by atoms with E-state index in [4.69, 9.17) is 18.2 Å². The molecular formula is C38H23N3O3. The zero-order chi connectivity index (χ0) is 29.0. The summed E-state index contributed by atoms with van der Waals surface area (Å²) in [5.41, 5.74) is 9.53. The predicted molar refractivity (Wildman–Crippen MR) is 172 cm³/mol. The van der Waals surface area contributed by atoms with Gasteiger partial charge in [0.05, 0.1) is 29.3 Å². The second-order valence-corrected chi connectivity index (χ2v) is 10.7. The Morgan fingerprint density at radius 2 is 1.36 bits per heavy atom. The maximum Gasteiger partial charge on any atom is 0.227 e. The van der Waals surface area contributed by atoms with Crippen molar-refractivity contribution >= 4 is 32.9 Å². The molecule has 6 nitrogen and oxygen atoms in total. The van der Waals surface area contributed by atoms with Gasteiger partial charge in [-0.05, 0) is 97.1 Å². The minimum Gasteiger partial charge on any atom is -0.464 e. The van der Waals surface area contributed by atoms with Crippen molar-refractivity contribution in [3.05, 3.63) is 140 Å². The van der Waals surface area contributed by atoms with E-state index in [1.165, 1.54) is 0 Å². The standard InChI is InChI=1S/C38H23N3O3/c1-2-17-39-31(8-1)24-6-3-7-28(20-24)41-33-15-12-25(35-9-4-18-42-35)21-30(33)29-14-11-27(23-34(29)41)38-40-32-22-26(13-16-37(32)44-38)36-10-5-19-43-36/h1-23H. The van der Waals surface area contributed by atoms with Crippen molar-refractivity contribution in [3.63, 3.8) is 0 Å². The van der Waals surface area contributed by atoms with E-state index in [1.807, 2.05) is 66.9 Å². The second-order valence-electron chi connectivity index (χ2n) is 10.7. The molecule has 0 amide bonds. The van der Waals surface area contributed by atoms with E-state index in [0.29, 0.717) is 5.89 Å². The third-order valence-electron chi connectivity index (χ3n) is 8.08. The van der Waals surface area contributed by atoms with Crippen LogP contribution in [0.1, 0.15) is 0 Å². The van der Waals surface area contributed by atoms with Gasteiger partial charge >= 0.3 is 0 Å². The van der Waals surface area contributed by atoms with Crippen LogP contribution in [0.2, 0.25) is 0 Å². The molecule has 0 aliphatic rings. The van der Waals surface area contributed by atoms with Crippen LogP contribution in [0.3, 0.4) is 0 Å². The number of hydrogen-bond acceptors (Lipinski definition) is 5. The quantitative estimate of drug-likeness (QED) is 0.206. The molecule has 5 aromatic heterocycles. The van der Waals surface area contributed by atoms with Crippen LogP contribution in [0, 0.1) is 0 Å². The van der Waals surface area contributed by atoms with E-state index in [0.717, 1.165) is 78.1 Å². The molecule has 0 fully saturated rings. The van der Waals surface area contributed by atoms with Gasteiger partial charge in [-0.1, -0.05) is 24.3 Å². The number of pyridine rings is 1. The van der Waals surface area contributed by atoms with E-state index in [1.54, 1.807) is 12.5 Å². The molecule has 0 aliphatic heterocycles. The summed E-state index contributed by atoms with van der Waals surface area (Å²) in [5, 5.41) is 2.25. The lowest BCUT2D eigenvalue weighted by atomic mass is 10.1. The Bertz CT molecular complexity index is 2430. The SMILES string of the molecule is c1ccc(-c2cccc(-n3c4ccc(-c5ccco5)cc4c4ccc(-c5nc6cc(-c7ccco7)ccc6o5)cc43)c2)nc1. The molecule has 0 saturated heterocycles. The van der Waals surface area contributed by atoms with Gasteiger partial charge in [-0.3, -0.25) is 4.98 Å². The van der Waals surface area contributed by atoms with E-state index >= 15 is 0 Å². The molecule has 44 heavy (non-hydrogen) atoms. The van der Waals surface area contributed by atoms with Gasteiger partial charge in [-0.25, -0.2) is 4.98 Å². The summed E-state index contributed by atoms with van der Waals surface area (Å²) in [5.74, 6) is 2.19. The summed E-state index contributed by atoms with van der Waals surface area (Å²) in [6.07, 6.45) is 5.20. The third-order valence-corrected chi connectivity index (χ3v) is 8.08. The fourth-order valence-corrected chi connectivity index (χ4v) is 6.01. The molecule has 208 valence electrons. The molecule has 0 N–H and O–H groups in total. The summed E-state index contributed by atoms with van der Waals surface area (Å²) >= 11 is 0. The van der Waals surface area contributed by atoms with Crippen LogP contribution < -0.4 is 0 Å². The fourth-order valence-electron chi connectivity index (χ4n) is 6.01. The number of furan rings is 2. The number of aromatic nitrogens is 3. The molecule has 9 aromatic rings. The molecule has 0 bridgehead atoms. The largest absolute Gasteiger partial charge is 0.464 e. The Labute approximate surface area is 251 Å². The van der Waals surface area contributed by atoms with E-state index in [9.17, 15) is 0 Å². The minimum atomic E-state index is 0.564. The lowest BCUT2D eigenvalue weighted by molar-refractivity contribution is 0.582.